The molecule has 1 heterocycles. The number of carbonyl (C=O) groups is 1. The molecule has 1 amide bonds. The Bertz CT molecular complexity index is 986. The first-order valence-corrected chi connectivity index (χ1v) is 8.93. The van der Waals surface area contributed by atoms with Crippen molar-refractivity contribution in [3.63, 3.8) is 0 Å². The topological polar surface area (TPSA) is 81.8 Å². The number of amides is 1. The average molecular weight is 405 g/mol. The highest BCUT2D eigenvalue weighted by molar-refractivity contribution is 6.30. The Hall–Kier alpha value is -3.06. The minimum Gasteiger partial charge on any atom is -0.493 e. The lowest BCUT2D eigenvalue weighted by Gasteiger charge is -2.12. The van der Waals surface area contributed by atoms with Crippen LogP contribution in [0.1, 0.15) is 10.5 Å². The van der Waals surface area contributed by atoms with Gasteiger partial charge in [-0.1, -0.05) is 17.7 Å². The van der Waals surface area contributed by atoms with Gasteiger partial charge in [-0.25, -0.2) is 0 Å². The molecule has 28 heavy (non-hydrogen) atoms. The van der Waals surface area contributed by atoms with Gasteiger partial charge in [0.15, 0.2) is 11.5 Å². The highest BCUT2D eigenvalue weighted by Gasteiger charge is 2.19. The van der Waals surface area contributed by atoms with Crippen LogP contribution in [-0.4, -0.2) is 45.4 Å². The number of rotatable bonds is 8. The minimum absolute atomic E-state index is 0.258. The van der Waals surface area contributed by atoms with Crippen LogP contribution in [0.3, 0.4) is 0 Å². The van der Waals surface area contributed by atoms with Gasteiger partial charge in [0.05, 0.1) is 33.4 Å². The van der Waals surface area contributed by atoms with Crippen molar-refractivity contribution in [1.82, 2.24) is 10.3 Å². The molecule has 0 atom stereocenters. The lowest BCUT2D eigenvalue weighted by atomic mass is 10.2. The number of H-pyrrole nitrogens is 1. The normalized spacial score (nSPS) is 10.6. The van der Waals surface area contributed by atoms with E-state index < -0.39 is 0 Å². The van der Waals surface area contributed by atoms with Crippen molar-refractivity contribution in [3.8, 4) is 23.0 Å². The summed E-state index contributed by atoms with van der Waals surface area (Å²) in [5.41, 5.74) is 1.05. The van der Waals surface area contributed by atoms with Crippen molar-refractivity contribution < 1.29 is 23.7 Å². The molecule has 8 heteroatoms. The molecule has 3 rings (SSSR count). The maximum atomic E-state index is 12.5. The van der Waals surface area contributed by atoms with Crippen molar-refractivity contribution in [3.05, 3.63) is 47.1 Å². The van der Waals surface area contributed by atoms with E-state index in [4.69, 9.17) is 30.5 Å². The van der Waals surface area contributed by atoms with E-state index in [0.29, 0.717) is 52.4 Å². The second-order valence-corrected chi connectivity index (χ2v) is 6.29. The number of fused-ring (bicyclic) bond motifs is 1. The summed E-state index contributed by atoms with van der Waals surface area (Å²) >= 11 is 5.91. The molecule has 3 aromatic rings. The van der Waals surface area contributed by atoms with Crippen LogP contribution >= 0.6 is 11.6 Å². The highest BCUT2D eigenvalue weighted by atomic mass is 35.5. The summed E-state index contributed by atoms with van der Waals surface area (Å²) in [7, 11) is 4.61. The molecular weight excluding hydrogens is 384 g/mol. The van der Waals surface area contributed by atoms with Crippen LogP contribution in [0.15, 0.2) is 36.4 Å². The number of aromatic nitrogens is 1. The van der Waals surface area contributed by atoms with E-state index in [-0.39, 0.29) is 5.91 Å². The van der Waals surface area contributed by atoms with Crippen LogP contribution in [-0.2, 0) is 0 Å². The summed E-state index contributed by atoms with van der Waals surface area (Å²) in [5.74, 6) is 1.84. The van der Waals surface area contributed by atoms with Gasteiger partial charge >= 0.3 is 0 Å². The first-order valence-electron chi connectivity index (χ1n) is 8.55. The summed E-state index contributed by atoms with van der Waals surface area (Å²) in [6.45, 7) is 0.655. The summed E-state index contributed by atoms with van der Waals surface area (Å²) in [4.78, 5) is 15.5. The summed E-state index contributed by atoms with van der Waals surface area (Å²) in [6, 6.07) is 10.6. The van der Waals surface area contributed by atoms with Crippen LogP contribution in [0, 0.1) is 0 Å². The number of methoxy groups -OCH3 is 3. The van der Waals surface area contributed by atoms with Gasteiger partial charge in [0.25, 0.3) is 5.91 Å². The number of hydrogen-bond acceptors (Lipinski definition) is 5. The highest BCUT2D eigenvalue weighted by Crippen LogP contribution is 2.43. The van der Waals surface area contributed by atoms with Crippen molar-refractivity contribution in [2.75, 3.05) is 34.5 Å². The Morgan fingerprint density at radius 3 is 2.54 bits per heavy atom. The first-order chi connectivity index (χ1) is 13.6. The van der Waals surface area contributed by atoms with E-state index >= 15 is 0 Å². The fourth-order valence-corrected chi connectivity index (χ4v) is 3.03. The van der Waals surface area contributed by atoms with Crippen LogP contribution in [0.25, 0.3) is 10.9 Å². The van der Waals surface area contributed by atoms with Gasteiger partial charge in [0.1, 0.15) is 18.1 Å². The third-order valence-electron chi connectivity index (χ3n) is 4.12. The predicted molar refractivity (Wildman–Crippen MR) is 107 cm³/mol. The molecule has 0 fully saturated rings. The fraction of sp³-hybridized carbons (Fsp3) is 0.250. The quantitative estimate of drug-likeness (QED) is 0.560. The number of hydrogen-bond donors (Lipinski definition) is 2. The standard InChI is InChI=1S/C20H21ClN2O5/c1-25-16-10-12-9-15(23-17(12)19(27-3)18(16)26-2)20(24)22-7-8-28-14-6-4-5-13(21)11-14/h4-6,9-11,23H,7-8H2,1-3H3,(H,22,24). The predicted octanol–water partition coefficient (Wildman–Crippen LogP) is 3.66. The third-order valence-corrected chi connectivity index (χ3v) is 4.35. The monoisotopic (exact) mass is 404 g/mol. The molecule has 0 unspecified atom stereocenters. The lowest BCUT2D eigenvalue weighted by molar-refractivity contribution is 0.0943. The zero-order chi connectivity index (χ0) is 20.1. The number of nitrogens with one attached hydrogen (secondary N) is 2. The Balaban J connectivity index is 1.70. The number of aromatic amines is 1. The zero-order valence-electron chi connectivity index (χ0n) is 15.8. The number of carbonyl (C=O) groups excluding carboxylic acids is 1. The Morgan fingerprint density at radius 2 is 1.86 bits per heavy atom. The fourth-order valence-electron chi connectivity index (χ4n) is 2.85. The van der Waals surface area contributed by atoms with E-state index in [2.05, 4.69) is 10.3 Å². The van der Waals surface area contributed by atoms with Gasteiger partial charge in [0, 0.05) is 10.4 Å². The smallest absolute Gasteiger partial charge is 0.267 e. The van der Waals surface area contributed by atoms with Crippen LogP contribution in [0.2, 0.25) is 5.02 Å². The van der Waals surface area contributed by atoms with Crippen molar-refractivity contribution in [2.24, 2.45) is 0 Å². The molecule has 0 radical (unpaired) electrons. The molecule has 2 aromatic carbocycles. The van der Waals surface area contributed by atoms with Gasteiger partial charge in [0.2, 0.25) is 5.75 Å². The van der Waals surface area contributed by atoms with E-state index in [9.17, 15) is 4.79 Å². The molecule has 0 aliphatic heterocycles. The SMILES string of the molecule is COc1cc2cc(C(=O)NCCOc3cccc(Cl)c3)[nH]c2c(OC)c1OC. The van der Waals surface area contributed by atoms with Gasteiger partial charge in [-0.3, -0.25) is 4.79 Å². The minimum atomic E-state index is -0.258. The van der Waals surface area contributed by atoms with Crippen molar-refractivity contribution >= 4 is 28.4 Å². The van der Waals surface area contributed by atoms with E-state index in [0.717, 1.165) is 5.39 Å². The third kappa shape index (κ3) is 4.09. The lowest BCUT2D eigenvalue weighted by Crippen LogP contribution is -2.28. The molecular formula is C20H21ClN2O5. The number of ether oxygens (including phenoxy) is 4. The Morgan fingerprint density at radius 1 is 1.07 bits per heavy atom. The molecule has 0 aliphatic rings. The van der Waals surface area contributed by atoms with Crippen molar-refractivity contribution in [1.29, 1.82) is 0 Å². The molecule has 0 aliphatic carbocycles. The van der Waals surface area contributed by atoms with Crippen LogP contribution in [0.5, 0.6) is 23.0 Å². The Kier molecular flexibility index (Phi) is 6.16. The van der Waals surface area contributed by atoms with Crippen LogP contribution < -0.4 is 24.3 Å². The van der Waals surface area contributed by atoms with E-state index in [1.165, 1.54) is 14.2 Å². The van der Waals surface area contributed by atoms with E-state index in [1.807, 2.05) is 0 Å². The second kappa shape index (κ2) is 8.75. The van der Waals surface area contributed by atoms with E-state index in [1.54, 1.807) is 43.5 Å². The molecule has 1 aromatic heterocycles. The average Bonchev–Trinajstić information content (AvgIpc) is 3.13. The number of halogens is 1. The maximum absolute atomic E-state index is 12.5. The molecule has 0 bridgehead atoms. The summed E-state index contributed by atoms with van der Waals surface area (Å²) in [5, 5.41) is 4.18. The van der Waals surface area contributed by atoms with Crippen molar-refractivity contribution in [2.45, 2.75) is 0 Å². The van der Waals surface area contributed by atoms with Gasteiger partial charge in [-0.15, -0.1) is 0 Å². The summed E-state index contributed by atoms with van der Waals surface area (Å²) < 4.78 is 21.7. The first kappa shape index (κ1) is 19.7. The van der Waals surface area contributed by atoms with Gasteiger partial charge < -0.3 is 29.2 Å². The molecule has 2 N–H and O–H groups in total. The molecule has 148 valence electrons. The summed E-state index contributed by atoms with van der Waals surface area (Å²) in [6.07, 6.45) is 0. The molecule has 0 spiro atoms. The maximum Gasteiger partial charge on any atom is 0.267 e. The largest absolute Gasteiger partial charge is 0.493 e. The van der Waals surface area contributed by atoms with Gasteiger partial charge in [-0.2, -0.15) is 0 Å². The second-order valence-electron chi connectivity index (χ2n) is 5.85. The van der Waals surface area contributed by atoms with Gasteiger partial charge in [-0.05, 0) is 30.3 Å². The zero-order valence-corrected chi connectivity index (χ0v) is 16.6. The molecule has 7 nitrogen and oxygen atoms in total. The number of benzene rings is 2. The molecule has 0 saturated heterocycles. The Labute approximate surface area is 167 Å². The van der Waals surface area contributed by atoms with Crippen LogP contribution in [0.4, 0.5) is 0 Å². The molecule has 0 saturated carbocycles.